The summed E-state index contributed by atoms with van der Waals surface area (Å²) in [6, 6.07) is 9.88. The van der Waals surface area contributed by atoms with Gasteiger partial charge in [-0.05, 0) is 36.4 Å². The van der Waals surface area contributed by atoms with Crippen LogP contribution in [-0.4, -0.2) is 45.9 Å². The molecule has 10 heteroatoms. The second-order valence-corrected chi connectivity index (χ2v) is 6.85. The largest absolute Gasteiger partial charge is 0.493 e. The number of halogens is 2. The Balaban J connectivity index is 2.02. The maximum Gasteiger partial charge on any atom is 0.387 e. The van der Waals surface area contributed by atoms with Crippen LogP contribution in [0.3, 0.4) is 0 Å². The molecule has 0 aliphatic carbocycles. The minimum absolute atomic E-state index is 0.0829. The summed E-state index contributed by atoms with van der Waals surface area (Å²) in [6.45, 7) is -2.87. The van der Waals surface area contributed by atoms with Crippen molar-refractivity contribution >= 4 is 17.6 Å². The molecule has 7 nitrogen and oxygen atoms in total. The van der Waals surface area contributed by atoms with Gasteiger partial charge in [0.1, 0.15) is 5.75 Å². The molecule has 0 spiro atoms. The fourth-order valence-electron chi connectivity index (χ4n) is 2.91. The Labute approximate surface area is 181 Å². The Morgan fingerprint density at radius 1 is 0.968 bits per heavy atom. The van der Waals surface area contributed by atoms with Gasteiger partial charge in [0.2, 0.25) is 10.6 Å². The van der Waals surface area contributed by atoms with Gasteiger partial charge in [-0.15, -0.1) is 11.3 Å². The van der Waals surface area contributed by atoms with Crippen molar-refractivity contribution in [2.24, 2.45) is 10.1 Å². The molecule has 0 unspecified atom stereocenters. The van der Waals surface area contributed by atoms with Gasteiger partial charge in [0.05, 0.1) is 33.2 Å². The lowest BCUT2D eigenvalue weighted by Gasteiger charge is -2.13. The third-order valence-electron chi connectivity index (χ3n) is 4.30. The monoisotopic (exact) mass is 449 g/mol. The predicted octanol–water partition coefficient (Wildman–Crippen LogP) is 4.26. The Kier molecular flexibility index (Phi) is 7.24. The number of thiazole rings is 1. The van der Waals surface area contributed by atoms with E-state index in [0.29, 0.717) is 27.6 Å². The third kappa shape index (κ3) is 4.85. The second kappa shape index (κ2) is 10.1. The minimum atomic E-state index is -2.87. The van der Waals surface area contributed by atoms with Crippen LogP contribution in [0.1, 0.15) is 5.56 Å². The van der Waals surface area contributed by atoms with Gasteiger partial charge in [-0.3, -0.25) is 4.99 Å². The molecule has 0 radical (unpaired) electrons. The standard InChI is InChI=1S/C21H21F2N3O4S/c1-24-21-26(16(12-31-21)13-5-8-15(9-6-13)30-20(22)23)25-11-14-7-10-17(27-2)19(29-4)18(14)28-3/h5-12,20H,1-4H3/b24-21?,25-11-. The van der Waals surface area contributed by atoms with Crippen molar-refractivity contribution in [1.82, 2.24) is 4.68 Å². The summed E-state index contributed by atoms with van der Waals surface area (Å²) in [6.07, 6.45) is 1.62. The van der Waals surface area contributed by atoms with Crippen molar-refractivity contribution in [3.8, 4) is 34.3 Å². The van der Waals surface area contributed by atoms with Gasteiger partial charge in [0, 0.05) is 23.6 Å². The Morgan fingerprint density at radius 3 is 2.26 bits per heavy atom. The van der Waals surface area contributed by atoms with E-state index < -0.39 is 6.61 Å². The van der Waals surface area contributed by atoms with E-state index in [1.54, 1.807) is 49.3 Å². The highest BCUT2D eigenvalue weighted by molar-refractivity contribution is 7.07. The lowest BCUT2D eigenvalue weighted by Crippen LogP contribution is -2.11. The number of rotatable bonds is 8. The van der Waals surface area contributed by atoms with Gasteiger partial charge in [-0.2, -0.15) is 13.9 Å². The van der Waals surface area contributed by atoms with Crippen molar-refractivity contribution in [3.63, 3.8) is 0 Å². The van der Waals surface area contributed by atoms with E-state index in [1.807, 2.05) is 5.38 Å². The van der Waals surface area contributed by atoms with Gasteiger partial charge in [-0.25, -0.2) is 4.68 Å². The fourth-order valence-corrected chi connectivity index (χ4v) is 3.72. The Bertz CT molecular complexity index is 1120. The average Bonchev–Trinajstić information content (AvgIpc) is 3.19. The molecule has 0 N–H and O–H groups in total. The quantitative estimate of drug-likeness (QED) is 0.482. The molecule has 0 fully saturated rings. The molecule has 0 saturated heterocycles. The molecule has 0 aliphatic rings. The molecule has 2 aromatic carbocycles. The van der Waals surface area contributed by atoms with E-state index in [-0.39, 0.29) is 5.75 Å². The van der Waals surface area contributed by atoms with Crippen LogP contribution in [0.2, 0.25) is 0 Å². The van der Waals surface area contributed by atoms with Gasteiger partial charge >= 0.3 is 6.61 Å². The highest BCUT2D eigenvalue weighted by Gasteiger charge is 2.15. The number of ether oxygens (including phenoxy) is 4. The zero-order chi connectivity index (χ0) is 22.4. The molecule has 0 saturated carbocycles. The van der Waals surface area contributed by atoms with Crippen LogP contribution in [0.15, 0.2) is 51.9 Å². The summed E-state index contributed by atoms with van der Waals surface area (Å²) < 4.78 is 47.1. The molecule has 1 aromatic heterocycles. The van der Waals surface area contributed by atoms with E-state index in [1.165, 1.54) is 37.7 Å². The predicted molar refractivity (Wildman–Crippen MR) is 115 cm³/mol. The third-order valence-corrected chi connectivity index (χ3v) is 5.21. The smallest absolute Gasteiger partial charge is 0.387 e. The van der Waals surface area contributed by atoms with Crippen LogP contribution in [-0.2, 0) is 0 Å². The zero-order valence-corrected chi connectivity index (χ0v) is 18.2. The summed E-state index contributed by atoms with van der Waals surface area (Å²) in [5, 5.41) is 6.46. The molecule has 0 atom stereocenters. The lowest BCUT2D eigenvalue weighted by molar-refractivity contribution is -0.0498. The van der Waals surface area contributed by atoms with Crippen molar-refractivity contribution in [2.75, 3.05) is 28.4 Å². The molecule has 31 heavy (non-hydrogen) atoms. The van der Waals surface area contributed by atoms with E-state index in [0.717, 1.165) is 11.3 Å². The highest BCUT2D eigenvalue weighted by Crippen LogP contribution is 2.39. The average molecular weight is 449 g/mol. The molecule has 0 aliphatic heterocycles. The van der Waals surface area contributed by atoms with Crippen molar-refractivity contribution in [1.29, 1.82) is 0 Å². The molecular formula is C21H21F2N3O4S. The summed E-state index contributed by atoms with van der Waals surface area (Å²) in [5.74, 6) is 1.56. The Hall–Kier alpha value is -3.40. The van der Waals surface area contributed by atoms with Crippen molar-refractivity contribution in [3.05, 3.63) is 52.1 Å². The number of alkyl halides is 2. The summed E-state index contributed by atoms with van der Waals surface area (Å²) in [4.78, 5) is 4.91. The highest BCUT2D eigenvalue weighted by atomic mass is 32.1. The van der Waals surface area contributed by atoms with Crippen LogP contribution in [0.4, 0.5) is 8.78 Å². The van der Waals surface area contributed by atoms with E-state index in [4.69, 9.17) is 14.2 Å². The minimum Gasteiger partial charge on any atom is -0.493 e. The number of benzene rings is 2. The fraction of sp³-hybridized carbons (Fsp3) is 0.238. The van der Waals surface area contributed by atoms with E-state index in [9.17, 15) is 8.78 Å². The first-order valence-corrected chi connectivity index (χ1v) is 9.92. The number of hydrogen-bond acceptors (Lipinski definition) is 7. The maximum atomic E-state index is 12.4. The molecule has 0 bridgehead atoms. The normalized spacial score (nSPS) is 11.9. The van der Waals surface area contributed by atoms with Gasteiger partial charge in [0.25, 0.3) is 0 Å². The summed E-state index contributed by atoms with van der Waals surface area (Å²) in [5.41, 5.74) is 2.18. The summed E-state index contributed by atoms with van der Waals surface area (Å²) >= 11 is 1.40. The number of aromatic nitrogens is 1. The van der Waals surface area contributed by atoms with Gasteiger partial charge in [-0.1, -0.05) is 0 Å². The number of methoxy groups -OCH3 is 3. The van der Waals surface area contributed by atoms with Gasteiger partial charge in [0.15, 0.2) is 11.5 Å². The van der Waals surface area contributed by atoms with Crippen molar-refractivity contribution < 1.29 is 27.7 Å². The van der Waals surface area contributed by atoms with Crippen LogP contribution >= 0.6 is 11.3 Å². The first-order chi connectivity index (χ1) is 15.0. The molecule has 1 heterocycles. The SMILES string of the molecule is CN=c1scc(-c2ccc(OC(F)F)cc2)n1/N=C\c1ccc(OC)c(OC)c1OC. The Morgan fingerprint density at radius 2 is 1.68 bits per heavy atom. The molecule has 3 rings (SSSR count). The summed E-state index contributed by atoms with van der Waals surface area (Å²) in [7, 11) is 6.28. The van der Waals surface area contributed by atoms with Crippen LogP contribution < -0.4 is 23.7 Å². The van der Waals surface area contributed by atoms with E-state index in [2.05, 4.69) is 14.8 Å². The van der Waals surface area contributed by atoms with Crippen molar-refractivity contribution in [2.45, 2.75) is 6.61 Å². The maximum absolute atomic E-state index is 12.4. The van der Waals surface area contributed by atoms with Crippen LogP contribution in [0.25, 0.3) is 11.3 Å². The van der Waals surface area contributed by atoms with Crippen LogP contribution in [0, 0.1) is 0 Å². The molecule has 0 amide bonds. The lowest BCUT2D eigenvalue weighted by atomic mass is 10.1. The first-order valence-electron chi connectivity index (χ1n) is 9.04. The number of hydrogen-bond donors (Lipinski definition) is 0. The topological polar surface area (TPSA) is 66.6 Å². The molecular weight excluding hydrogens is 428 g/mol. The first kappa shape index (κ1) is 22.3. The number of nitrogens with zero attached hydrogens (tertiary/aromatic N) is 3. The van der Waals surface area contributed by atoms with E-state index >= 15 is 0 Å². The van der Waals surface area contributed by atoms with Gasteiger partial charge < -0.3 is 18.9 Å². The molecule has 3 aromatic rings. The second-order valence-electron chi connectivity index (χ2n) is 6.01. The molecule has 164 valence electrons. The van der Waals surface area contributed by atoms with Crippen LogP contribution in [0.5, 0.6) is 23.0 Å². The zero-order valence-electron chi connectivity index (χ0n) is 17.3.